The Bertz CT molecular complexity index is 874. The molecule has 0 radical (unpaired) electrons. The molecule has 0 amide bonds. The Balaban J connectivity index is 3.08. The molecule has 0 aliphatic rings. The number of hydrogen-bond acceptors (Lipinski definition) is 8. The van der Waals surface area contributed by atoms with Gasteiger partial charge in [-0.1, -0.05) is 29.8 Å². The summed E-state index contributed by atoms with van der Waals surface area (Å²) in [5, 5.41) is 46.0. The molecule has 0 saturated heterocycles. The minimum atomic E-state index is -1.23. The highest BCUT2D eigenvalue weighted by Crippen LogP contribution is 2.13. The van der Waals surface area contributed by atoms with Crippen LogP contribution in [0.1, 0.15) is 17.5 Å². The van der Waals surface area contributed by atoms with Crippen LogP contribution in [-0.4, -0.2) is 128 Å². The fourth-order valence-corrected chi connectivity index (χ4v) is 3.81. The molecule has 0 heterocycles. The topological polar surface area (TPSA) is 196 Å². The summed E-state index contributed by atoms with van der Waals surface area (Å²) in [6, 6.07) is 6.73. The first kappa shape index (κ1) is 30.5. The molecule has 0 saturated carbocycles. The summed E-state index contributed by atoms with van der Waals surface area (Å²) in [5.41, 5.74) is 1.82. The number of hydrogen-bond donors (Lipinski definition) is 5. The molecule has 0 aromatic heterocycles. The van der Waals surface area contributed by atoms with Crippen LogP contribution in [0.3, 0.4) is 0 Å². The quantitative estimate of drug-likeness (QED) is 0.161. The third-order valence-electron chi connectivity index (χ3n) is 5.28. The van der Waals surface area contributed by atoms with Crippen LogP contribution < -0.4 is 0 Å². The monoisotopic (exact) mass is 511 g/mol. The molecule has 0 aliphatic carbocycles. The van der Waals surface area contributed by atoms with Gasteiger partial charge in [0.25, 0.3) is 0 Å². The maximum absolute atomic E-state index is 11.5. The van der Waals surface area contributed by atoms with E-state index in [0.29, 0.717) is 0 Å². The van der Waals surface area contributed by atoms with Gasteiger partial charge in [0.1, 0.15) is 0 Å². The van der Waals surface area contributed by atoms with Gasteiger partial charge >= 0.3 is 29.8 Å². The van der Waals surface area contributed by atoms with Gasteiger partial charge in [-0.05, 0) is 25.3 Å². The van der Waals surface area contributed by atoms with Crippen molar-refractivity contribution in [3.63, 3.8) is 0 Å². The van der Waals surface area contributed by atoms with Crippen molar-refractivity contribution in [3.8, 4) is 0 Å². The summed E-state index contributed by atoms with van der Waals surface area (Å²) >= 11 is 0. The van der Waals surface area contributed by atoms with E-state index in [1.54, 1.807) is 0 Å². The number of carboxylic acid groups (broad SMARTS) is 5. The molecule has 1 rings (SSSR count). The number of rotatable bonds is 19. The van der Waals surface area contributed by atoms with E-state index >= 15 is 0 Å². The van der Waals surface area contributed by atoms with Gasteiger partial charge in [0, 0.05) is 25.7 Å². The third-order valence-corrected chi connectivity index (χ3v) is 5.28. The van der Waals surface area contributed by atoms with E-state index in [1.165, 1.54) is 14.7 Å². The Kier molecular flexibility index (Phi) is 13.1. The van der Waals surface area contributed by atoms with E-state index in [2.05, 4.69) is 0 Å². The Morgan fingerprint density at radius 1 is 0.667 bits per heavy atom. The van der Waals surface area contributed by atoms with Crippen molar-refractivity contribution in [2.75, 3.05) is 52.4 Å². The Hall–Kier alpha value is -3.55. The fraction of sp³-hybridized carbons (Fsp3) is 0.522. The first-order valence-corrected chi connectivity index (χ1v) is 11.2. The van der Waals surface area contributed by atoms with E-state index in [-0.39, 0.29) is 32.5 Å². The molecule has 0 bridgehead atoms. The van der Waals surface area contributed by atoms with Crippen LogP contribution in [0.5, 0.6) is 0 Å². The van der Waals surface area contributed by atoms with E-state index in [1.807, 2.05) is 31.2 Å². The van der Waals surface area contributed by atoms with Gasteiger partial charge in [-0.25, -0.2) is 0 Å². The van der Waals surface area contributed by atoms with Crippen LogP contribution in [-0.2, 0) is 30.4 Å². The third kappa shape index (κ3) is 13.4. The Labute approximate surface area is 208 Å². The molecule has 1 unspecified atom stereocenters. The predicted octanol–water partition coefficient (Wildman–Crippen LogP) is -0.375. The van der Waals surface area contributed by atoms with Crippen molar-refractivity contribution in [3.05, 3.63) is 35.4 Å². The largest absolute Gasteiger partial charge is 0.480 e. The first-order valence-electron chi connectivity index (χ1n) is 11.2. The highest BCUT2D eigenvalue weighted by Gasteiger charge is 2.27. The molecule has 1 aromatic carbocycles. The van der Waals surface area contributed by atoms with Gasteiger partial charge in [-0.15, -0.1) is 0 Å². The number of nitrogens with zero attached hydrogens (tertiary/aromatic N) is 3. The number of benzene rings is 1. The molecule has 13 heteroatoms. The molecule has 0 spiro atoms. The number of aryl methyl sites for hydroxylation is 1. The fourth-order valence-electron chi connectivity index (χ4n) is 3.81. The van der Waals surface area contributed by atoms with Crippen molar-refractivity contribution in [2.24, 2.45) is 0 Å². The molecule has 5 N–H and O–H groups in total. The average molecular weight is 512 g/mol. The number of aliphatic carboxylic acids is 5. The standard InChI is InChI=1S/C23H33N3O10/c1-16-3-5-17(6-4-16)9-18(26(14-22(33)34)15-23(35)36)10-24(11-19(27)28)7-2-8-25(12-20(29)30)13-21(31)32/h3-6,18H,2,7-15H2,1H3,(H,27,28)(H,29,30)(H,31,32)(H,33,34)(H,35,36). The minimum absolute atomic E-state index is 0.0264. The van der Waals surface area contributed by atoms with E-state index in [0.717, 1.165) is 11.1 Å². The zero-order valence-corrected chi connectivity index (χ0v) is 20.1. The van der Waals surface area contributed by atoms with Crippen molar-refractivity contribution in [1.29, 1.82) is 0 Å². The second-order valence-electron chi connectivity index (χ2n) is 8.52. The summed E-state index contributed by atoms with van der Waals surface area (Å²) in [4.78, 5) is 60.3. The zero-order valence-electron chi connectivity index (χ0n) is 20.1. The molecule has 13 nitrogen and oxygen atoms in total. The molecule has 1 atom stereocenters. The van der Waals surface area contributed by atoms with Crippen molar-refractivity contribution in [1.82, 2.24) is 14.7 Å². The molecule has 0 aliphatic heterocycles. The molecular weight excluding hydrogens is 478 g/mol. The van der Waals surface area contributed by atoms with Gasteiger partial charge in [0.05, 0.1) is 32.7 Å². The molecule has 1 aromatic rings. The maximum Gasteiger partial charge on any atom is 0.317 e. The lowest BCUT2D eigenvalue weighted by atomic mass is 10.0. The maximum atomic E-state index is 11.5. The first-order chi connectivity index (χ1) is 16.8. The zero-order chi connectivity index (χ0) is 27.3. The molecular formula is C23H33N3O10. The second-order valence-corrected chi connectivity index (χ2v) is 8.52. The second kappa shape index (κ2) is 15.4. The lowest BCUT2D eigenvalue weighted by molar-refractivity contribution is -0.145. The lowest BCUT2D eigenvalue weighted by Gasteiger charge is -2.34. The number of carboxylic acids is 5. The van der Waals surface area contributed by atoms with E-state index in [9.17, 15) is 39.3 Å². The summed E-state index contributed by atoms with van der Waals surface area (Å²) < 4.78 is 0. The van der Waals surface area contributed by atoms with Crippen molar-refractivity contribution >= 4 is 29.8 Å². The highest BCUT2D eigenvalue weighted by atomic mass is 16.4. The highest BCUT2D eigenvalue weighted by molar-refractivity contribution is 5.73. The van der Waals surface area contributed by atoms with Crippen molar-refractivity contribution < 1.29 is 49.5 Å². The number of carbonyl (C=O) groups is 5. The molecule has 0 fully saturated rings. The smallest absolute Gasteiger partial charge is 0.317 e. The molecule has 200 valence electrons. The van der Waals surface area contributed by atoms with Crippen LogP contribution in [0.4, 0.5) is 0 Å². The van der Waals surface area contributed by atoms with Gasteiger partial charge in [-0.2, -0.15) is 0 Å². The van der Waals surface area contributed by atoms with Gasteiger partial charge in [0.2, 0.25) is 0 Å². The van der Waals surface area contributed by atoms with E-state index in [4.69, 9.17) is 10.2 Å². The normalized spacial score (nSPS) is 12.1. The predicted molar refractivity (Wildman–Crippen MR) is 126 cm³/mol. The average Bonchev–Trinajstić information content (AvgIpc) is 2.72. The van der Waals surface area contributed by atoms with Gasteiger partial charge in [-0.3, -0.25) is 38.7 Å². The summed E-state index contributed by atoms with van der Waals surface area (Å²) in [6.07, 6.45) is 0.504. The van der Waals surface area contributed by atoms with Crippen LogP contribution in [0, 0.1) is 6.92 Å². The molecule has 36 heavy (non-hydrogen) atoms. The van der Waals surface area contributed by atoms with Crippen LogP contribution >= 0.6 is 0 Å². The van der Waals surface area contributed by atoms with Gasteiger partial charge in [0.15, 0.2) is 0 Å². The van der Waals surface area contributed by atoms with E-state index < -0.39 is 68.6 Å². The Morgan fingerprint density at radius 3 is 1.53 bits per heavy atom. The van der Waals surface area contributed by atoms with Gasteiger partial charge < -0.3 is 25.5 Å². The van der Waals surface area contributed by atoms with Crippen molar-refractivity contribution in [2.45, 2.75) is 25.8 Å². The van der Waals surface area contributed by atoms with Crippen LogP contribution in [0.15, 0.2) is 24.3 Å². The lowest BCUT2D eigenvalue weighted by Crippen LogP contribution is -2.50. The summed E-state index contributed by atoms with van der Waals surface area (Å²) in [7, 11) is 0. The van der Waals surface area contributed by atoms with Crippen LogP contribution in [0.25, 0.3) is 0 Å². The summed E-state index contributed by atoms with van der Waals surface area (Å²) in [5.74, 6) is -6.01. The SMILES string of the molecule is Cc1ccc(CC(CN(CCCN(CC(=O)O)CC(=O)O)CC(=O)O)N(CC(=O)O)CC(=O)O)cc1. The summed E-state index contributed by atoms with van der Waals surface area (Å²) in [6.45, 7) is -0.391. The Morgan fingerprint density at radius 2 is 1.08 bits per heavy atom. The van der Waals surface area contributed by atoms with Crippen LogP contribution in [0.2, 0.25) is 0 Å². The minimum Gasteiger partial charge on any atom is -0.480 e.